The van der Waals surface area contributed by atoms with Gasteiger partial charge in [0.25, 0.3) is 0 Å². The van der Waals surface area contributed by atoms with Crippen molar-refractivity contribution in [1.29, 1.82) is 0 Å². The van der Waals surface area contributed by atoms with Crippen LogP contribution >= 0.6 is 0 Å². The second-order valence-corrected chi connectivity index (χ2v) is 4.65. The van der Waals surface area contributed by atoms with Crippen molar-refractivity contribution < 1.29 is 4.39 Å². The van der Waals surface area contributed by atoms with E-state index in [1.807, 2.05) is 32.0 Å². The minimum atomic E-state index is -0.199. The molecule has 94 valence electrons. The molecular weight excluding hydrogens is 225 g/mol. The van der Waals surface area contributed by atoms with Gasteiger partial charge in [0.2, 0.25) is 0 Å². The average Bonchev–Trinajstić information content (AvgIpc) is 2.34. The first kappa shape index (κ1) is 12.6. The smallest absolute Gasteiger partial charge is 0.146 e. The van der Waals surface area contributed by atoms with Crippen molar-refractivity contribution in [2.24, 2.45) is 0 Å². The Hall–Kier alpha value is -1.83. The van der Waals surface area contributed by atoms with Gasteiger partial charge in [0.05, 0.1) is 5.69 Å². The van der Waals surface area contributed by atoms with Crippen LogP contribution in [-0.2, 0) is 0 Å². The summed E-state index contributed by atoms with van der Waals surface area (Å²) in [6, 6.07) is 13.4. The highest BCUT2D eigenvalue weighted by Gasteiger charge is 2.11. The van der Waals surface area contributed by atoms with Crippen molar-refractivity contribution in [3.63, 3.8) is 0 Å². The maximum Gasteiger partial charge on any atom is 0.146 e. The summed E-state index contributed by atoms with van der Waals surface area (Å²) in [5.74, 6) is -0.199. The first-order valence-electron chi connectivity index (χ1n) is 6.17. The lowest BCUT2D eigenvalue weighted by molar-refractivity contribution is 0.626. The zero-order valence-corrected chi connectivity index (χ0v) is 11.0. The molecule has 1 nitrogen and oxygen atoms in total. The zero-order valence-electron chi connectivity index (χ0n) is 11.0. The average molecular weight is 243 g/mol. The lowest BCUT2D eigenvalue weighted by atomic mass is 10.0. The number of para-hydroxylation sites is 1. The molecule has 1 atom stereocenters. The Morgan fingerprint density at radius 2 is 1.61 bits per heavy atom. The van der Waals surface area contributed by atoms with E-state index in [1.54, 1.807) is 6.07 Å². The molecule has 1 unspecified atom stereocenters. The number of rotatable bonds is 3. The van der Waals surface area contributed by atoms with Gasteiger partial charge in [0.15, 0.2) is 0 Å². The van der Waals surface area contributed by atoms with E-state index in [-0.39, 0.29) is 11.9 Å². The van der Waals surface area contributed by atoms with Gasteiger partial charge < -0.3 is 5.32 Å². The monoisotopic (exact) mass is 243 g/mol. The Labute approximate surface area is 108 Å². The SMILES string of the molecule is Cc1ccccc1C(C)Nc1c(C)cccc1F. The molecule has 0 radical (unpaired) electrons. The lowest BCUT2D eigenvalue weighted by Crippen LogP contribution is -2.10. The third kappa shape index (κ3) is 2.53. The second kappa shape index (κ2) is 5.21. The molecule has 0 fully saturated rings. The van der Waals surface area contributed by atoms with Crippen molar-refractivity contribution in [2.45, 2.75) is 26.8 Å². The first-order valence-corrected chi connectivity index (χ1v) is 6.17. The van der Waals surface area contributed by atoms with Crippen LogP contribution in [0.1, 0.15) is 29.7 Å². The highest BCUT2D eigenvalue weighted by Crippen LogP contribution is 2.26. The molecule has 18 heavy (non-hydrogen) atoms. The van der Waals surface area contributed by atoms with Crippen LogP contribution in [0.4, 0.5) is 10.1 Å². The number of hydrogen-bond donors (Lipinski definition) is 1. The Bertz CT molecular complexity index is 528. The molecule has 2 rings (SSSR count). The number of nitrogens with one attached hydrogen (secondary N) is 1. The van der Waals surface area contributed by atoms with Gasteiger partial charge in [-0.1, -0.05) is 36.4 Å². The molecule has 0 aromatic heterocycles. The van der Waals surface area contributed by atoms with E-state index in [2.05, 4.69) is 24.4 Å². The topological polar surface area (TPSA) is 12.0 Å². The van der Waals surface area contributed by atoms with Crippen molar-refractivity contribution in [3.05, 3.63) is 65.0 Å². The Morgan fingerprint density at radius 1 is 0.944 bits per heavy atom. The van der Waals surface area contributed by atoms with Crippen LogP contribution in [0.2, 0.25) is 0 Å². The quantitative estimate of drug-likeness (QED) is 0.829. The lowest BCUT2D eigenvalue weighted by Gasteiger charge is -2.19. The van der Waals surface area contributed by atoms with E-state index in [0.717, 1.165) is 5.56 Å². The van der Waals surface area contributed by atoms with Gasteiger partial charge in [-0.2, -0.15) is 0 Å². The van der Waals surface area contributed by atoms with Crippen molar-refractivity contribution in [2.75, 3.05) is 5.32 Å². The normalized spacial score (nSPS) is 12.2. The fraction of sp³-hybridized carbons (Fsp3) is 0.250. The molecule has 0 spiro atoms. The fourth-order valence-corrected chi connectivity index (χ4v) is 2.18. The van der Waals surface area contributed by atoms with Gasteiger partial charge in [-0.05, 0) is 43.5 Å². The van der Waals surface area contributed by atoms with E-state index in [9.17, 15) is 4.39 Å². The fourth-order valence-electron chi connectivity index (χ4n) is 2.18. The van der Waals surface area contributed by atoms with Gasteiger partial charge in [-0.3, -0.25) is 0 Å². The van der Waals surface area contributed by atoms with Crippen LogP contribution in [0.3, 0.4) is 0 Å². The highest BCUT2D eigenvalue weighted by molar-refractivity contribution is 5.53. The maximum atomic E-state index is 13.8. The van der Waals surface area contributed by atoms with Crippen LogP contribution in [0.25, 0.3) is 0 Å². The summed E-state index contributed by atoms with van der Waals surface area (Å²) in [5.41, 5.74) is 3.93. The van der Waals surface area contributed by atoms with Crippen LogP contribution in [0.5, 0.6) is 0 Å². The number of aryl methyl sites for hydroxylation is 2. The van der Waals surface area contributed by atoms with Gasteiger partial charge in [-0.25, -0.2) is 4.39 Å². The van der Waals surface area contributed by atoms with Gasteiger partial charge in [0, 0.05) is 6.04 Å². The molecule has 1 N–H and O–H groups in total. The Kier molecular flexibility index (Phi) is 3.66. The van der Waals surface area contributed by atoms with Gasteiger partial charge >= 0.3 is 0 Å². The molecule has 0 amide bonds. The summed E-state index contributed by atoms with van der Waals surface area (Å²) in [6.45, 7) is 6.03. The molecule has 0 aliphatic heterocycles. The zero-order chi connectivity index (χ0) is 13.1. The second-order valence-electron chi connectivity index (χ2n) is 4.65. The van der Waals surface area contributed by atoms with Crippen molar-refractivity contribution in [3.8, 4) is 0 Å². The van der Waals surface area contributed by atoms with E-state index in [0.29, 0.717) is 5.69 Å². The van der Waals surface area contributed by atoms with Crippen LogP contribution in [0.15, 0.2) is 42.5 Å². The molecule has 0 saturated heterocycles. The molecule has 0 aliphatic carbocycles. The van der Waals surface area contributed by atoms with Gasteiger partial charge in [-0.15, -0.1) is 0 Å². The van der Waals surface area contributed by atoms with Crippen molar-refractivity contribution >= 4 is 5.69 Å². The summed E-state index contributed by atoms with van der Waals surface area (Å²) < 4.78 is 13.8. The Morgan fingerprint density at radius 3 is 2.28 bits per heavy atom. The van der Waals surface area contributed by atoms with Crippen LogP contribution in [-0.4, -0.2) is 0 Å². The number of benzene rings is 2. The predicted octanol–water partition coefficient (Wildman–Crippen LogP) is 4.62. The highest BCUT2D eigenvalue weighted by atomic mass is 19.1. The van der Waals surface area contributed by atoms with Gasteiger partial charge in [0.1, 0.15) is 5.82 Å². The first-order chi connectivity index (χ1) is 8.59. The largest absolute Gasteiger partial charge is 0.376 e. The van der Waals surface area contributed by atoms with Crippen LogP contribution in [0, 0.1) is 19.7 Å². The summed E-state index contributed by atoms with van der Waals surface area (Å²) >= 11 is 0. The maximum absolute atomic E-state index is 13.8. The van der Waals surface area contributed by atoms with E-state index in [4.69, 9.17) is 0 Å². The molecule has 2 aromatic carbocycles. The standard InChI is InChI=1S/C16H18FN/c1-11-7-4-5-9-14(11)13(3)18-16-12(2)8-6-10-15(16)17/h4-10,13,18H,1-3H3. The third-order valence-corrected chi connectivity index (χ3v) is 3.24. The molecule has 0 aliphatic rings. The molecule has 2 aromatic rings. The number of halogens is 1. The number of anilines is 1. The Balaban J connectivity index is 2.27. The molecule has 2 heteroatoms. The molecular formula is C16H18FN. The molecule has 0 heterocycles. The van der Waals surface area contributed by atoms with E-state index < -0.39 is 0 Å². The molecule has 0 bridgehead atoms. The molecule has 0 saturated carbocycles. The summed E-state index contributed by atoms with van der Waals surface area (Å²) in [6.07, 6.45) is 0. The van der Waals surface area contributed by atoms with E-state index >= 15 is 0 Å². The summed E-state index contributed by atoms with van der Waals surface area (Å²) in [4.78, 5) is 0. The number of hydrogen-bond acceptors (Lipinski definition) is 1. The van der Waals surface area contributed by atoms with Crippen molar-refractivity contribution in [1.82, 2.24) is 0 Å². The summed E-state index contributed by atoms with van der Waals surface area (Å²) in [5, 5.41) is 3.26. The third-order valence-electron chi connectivity index (χ3n) is 3.24. The van der Waals surface area contributed by atoms with Crippen LogP contribution < -0.4 is 5.32 Å². The minimum absolute atomic E-state index is 0.0850. The van der Waals surface area contributed by atoms with E-state index in [1.165, 1.54) is 17.2 Å². The summed E-state index contributed by atoms with van der Waals surface area (Å²) in [7, 11) is 0. The predicted molar refractivity (Wildman–Crippen MR) is 74.4 cm³/mol. The minimum Gasteiger partial charge on any atom is -0.376 e.